The quantitative estimate of drug-likeness (QED) is 0.0206. The summed E-state index contributed by atoms with van der Waals surface area (Å²) >= 11 is 3.64. The molecule has 24 nitrogen and oxygen atoms in total. The molecular formula is C80H104O24S2. The minimum absolute atomic E-state index is 0.117. The predicted molar refractivity (Wildman–Crippen MR) is 406 cm³/mol. The highest BCUT2D eigenvalue weighted by molar-refractivity contribution is 7.99. The highest BCUT2D eigenvalue weighted by Gasteiger charge is 2.19. The molecule has 0 spiro atoms. The molecule has 4 aliphatic rings. The molecule has 4 heterocycles. The lowest BCUT2D eigenvalue weighted by molar-refractivity contribution is -0.106. The minimum Gasteiger partial charge on any atom is -0.508 e. The maximum atomic E-state index is 9.22. The van der Waals surface area contributed by atoms with E-state index in [4.69, 9.17) is 106 Å². The van der Waals surface area contributed by atoms with Gasteiger partial charge in [-0.15, -0.1) is 0 Å². The van der Waals surface area contributed by atoms with Gasteiger partial charge >= 0.3 is 0 Å². The van der Waals surface area contributed by atoms with Crippen molar-refractivity contribution in [2.45, 2.75) is 118 Å². The van der Waals surface area contributed by atoms with Crippen LogP contribution < -0.4 is 37.9 Å². The van der Waals surface area contributed by atoms with E-state index in [0.29, 0.717) is 60.9 Å². The van der Waals surface area contributed by atoms with Gasteiger partial charge in [-0.2, -0.15) is 23.5 Å². The zero-order valence-electron chi connectivity index (χ0n) is 61.0. The summed E-state index contributed by atoms with van der Waals surface area (Å²) < 4.78 is 85.2. The zero-order chi connectivity index (χ0) is 76.2. The molecule has 0 bridgehead atoms. The van der Waals surface area contributed by atoms with E-state index in [1.807, 2.05) is 77.2 Å². The van der Waals surface area contributed by atoms with E-state index >= 15 is 0 Å². The van der Waals surface area contributed by atoms with E-state index in [1.165, 1.54) is 0 Å². The molecule has 6 unspecified atom stereocenters. The summed E-state index contributed by atoms with van der Waals surface area (Å²) in [6.45, 7) is 17.3. The fourth-order valence-electron chi connectivity index (χ4n) is 8.95. The van der Waals surface area contributed by atoms with Crippen LogP contribution in [0.5, 0.6) is 92.0 Å². The summed E-state index contributed by atoms with van der Waals surface area (Å²) in [5, 5.41) is 72.7. The van der Waals surface area contributed by atoms with Crippen LogP contribution in [0.15, 0.2) is 194 Å². The van der Waals surface area contributed by atoms with Gasteiger partial charge < -0.3 is 117 Å². The second kappa shape index (κ2) is 53.7. The monoisotopic (exact) mass is 1510 g/mol. The summed E-state index contributed by atoms with van der Waals surface area (Å²) in [4.78, 5) is 0. The Morgan fingerprint density at radius 1 is 0.330 bits per heavy atom. The molecule has 580 valence electrons. The van der Waals surface area contributed by atoms with E-state index in [9.17, 15) is 10.2 Å². The van der Waals surface area contributed by atoms with Crippen LogP contribution in [-0.2, 0) is 37.9 Å². The SMILES string of the molecule is CCOC(C)Oc1ccc(O)cc1.CCOC(C)Oc1cccc(O)c1.CCOCOc1ccc(O)cc1.CCOCOc1cccc(O)c1.Oc1ccc(OC2CCCCO2)cc1.Oc1ccc(OC2CSCCO2)cc1.Oc1cccc(OC2CCCCO2)c1.Oc1cccc(OC2CSCCO2)c1. The number of rotatable bonds is 24. The number of aromatic hydroxyl groups is 8. The van der Waals surface area contributed by atoms with Crippen LogP contribution >= 0.6 is 23.5 Å². The Morgan fingerprint density at radius 2 is 0.651 bits per heavy atom. The molecule has 0 aromatic heterocycles. The lowest BCUT2D eigenvalue weighted by Gasteiger charge is -2.23. The third-order valence-electron chi connectivity index (χ3n) is 14.0. The van der Waals surface area contributed by atoms with E-state index in [0.717, 1.165) is 99.5 Å². The van der Waals surface area contributed by atoms with E-state index in [2.05, 4.69) is 0 Å². The number of ether oxygens (including phenoxy) is 16. The number of hydrogen-bond acceptors (Lipinski definition) is 26. The highest BCUT2D eigenvalue weighted by atomic mass is 32.2. The molecular weight excluding hydrogens is 1410 g/mol. The first-order valence-corrected chi connectivity index (χ1v) is 37.4. The van der Waals surface area contributed by atoms with Gasteiger partial charge in [-0.3, -0.25) is 0 Å². The second-order valence-electron chi connectivity index (χ2n) is 22.6. The van der Waals surface area contributed by atoms with Crippen LogP contribution in [0, 0.1) is 0 Å². The average molecular weight is 1510 g/mol. The maximum absolute atomic E-state index is 9.22. The Labute approximate surface area is 630 Å². The highest BCUT2D eigenvalue weighted by Crippen LogP contribution is 2.27. The molecule has 4 saturated heterocycles. The average Bonchev–Trinajstić information content (AvgIpc) is 1.000. The lowest BCUT2D eigenvalue weighted by Crippen LogP contribution is -2.28. The van der Waals surface area contributed by atoms with Gasteiger partial charge in [0.05, 0.1) is 37.9 Å². The summed E-state index contributed by atoms with van der Waals surface area (Å²) in [7, 11) is 0. The molecule has 12 rings (SSSR count). The number of phenols is 8. The molecule has 26 heteroatoms. The Balaban J connectivity index is 0.000000218. The zero-order valence-corrected chi connectivity index (χ0v) is 62.6. The van der Waals surface area contributed by atoms with Gasteiger partial charge in [0, 0.05) is 75.0 Å². The van der Waals surface area contributed by atoms with Gasteiger partial charge in [0.2, 0.25) is 12.6 Å². The smallest absolute Gasteiger partial charge is 0.209 e. The third-order valence-corrected chi connectivity index (χ3v) is 15.9. The number of benzene rings is 8. The predicted octanol–water partition coefficient (Wildman–Crippen LogP) is 16.2. The fraction of sp³-hybridized carbons (Fsp3) is 0.400. The van der Waals surface area contributed by atoms with E-state index < -0.39 is 0 Å². The molecule has 0 amide bonds. The van der Waals surface area contributed by atoms with Crippen molar-refractivity contribution in [2.24, 2.45) is 0 Å². The first kappa shape index (κ1) is 87.6. The van der Waals surface area contributed by atoms with Crippen molar-refractivity contribution in [1.29, 1.82) is 0 Å². The van der Waals surface area contributed by atoms with Crippen LogP contribution in [0.4, 0.5) is 0 Å². The molecule has 0 radical (unpaired) electrons. The molecule has 4 fully saturated rings. The summed E-state index contributed by atoms with van der Waals surface area (Å²) in [6, 6.07) is 53.3. The molecule has 8 aromatic rings. The summed E-state index contributed by atoms with van der Waals surface area (Å²) in [6.07, 6.45) is 5.26. The molecule has 8 N–H and O–H groups in total. The molecule has 106 heavy (non-hydrogen) atoms. The summed E-state index contributed by atoms with van der Waals surface area (Å²) in [5.41, 5.74) is 0. The van der Waals surface area contributed by atoms with Gasteiger partial charge in [0.15, 0.2) is 38.7 Å². The molecule has 8 aromatic carbocycles. The lowest BCUT2D eigenvalue weighted by atomic mass is 10.2. The van der Waals surface area contributed by atoms with Crippen LogP contribution in [0.25, 0.3) is 0 Å². The topological polar surface area (TPSA) is 310 Å². The Morgan fingerprint density at radius 3 is 1.02 bits per heavy atom. The molecule has 0 aliphatic carbocycles. The first-order chi connectivity index (χ1) is 51.5. The largest absolute Gasteiger partial charge is 0.508 e. The van der Waals surface area contributed by atoms with Crippen LogP contribution in [-0.4, -0.2) is 168 Å². The third kappa shape index (κ3) is 41.0. The molecule has 0 saturated carbocycles. The number of hydrogen-bond donors (Lipinski definition) is 8. The normalized spacial score (nSPS) is 16.8. The van der Waals surface area contributed by atoms with Crippen LogP contribution in [0.2, 0.25) is 0 Å². The standard InChI is InChI=1S/2C11H14O3.2C10H12O3S.2C10H14O3.2C9H12O3/c12-9-4-3-5-10(8-9)14-11-6-1-2-7-13-11;12-9-4-6-10(7-5-9)14-11-3-1-2-8-13-11;11-8-1-3-9(4-2-8)13-10-7-14-6-5-12-10;11-8-2-1-3-9(6-8)13-10-7-14-5-4-12-10;1-3-12-8(2)13-10-6-4-9(11)5-7-10;1-3-12-8(2)13-10-6-4-5-9(11)7-10;1-2-11-7-12-9-5-3-8(10)4-6-9;1-2-11-7-12-9-5-3-4-8(10)6-9/h3-5,8,11-12H,1-2,6-7H2;4-7,11-12H,1-3,8H2;1-4,10-11H,5-7H2;1-3,6,10-11H,4-5,7H2;2*4-8,11H,3H2,1-2H3;2*3-6,10H,2,7H2,1H3. The number of thioether (sulfide) groups is 2. The van der Waals surface area contributed by atoms with Crippen molar-refractivity contribution in [2.75, 3.05) is 89.5 Å². The Bertz CT molecular complexity index is 3360. The van der Waals surface area contributed by atoms with Crippen molar-refractivity contribution in [3.05, 3.63) is 194 Å². The van der Waals surface area contributed by atoms with Crippen molar-refractivity contribution >= 4 is 23.5 Å². The fourth-order valence-corrected chi connectivity index (χ4v) is 10.4. The summed E-state index contributed by atoms with van der Waals surface area (Å²) in [5.74, 6) is 11.0. The van der Waals surface area contributed by atoms with Crippen LogP contribution in [0.3, 0.4) is 0 Å². The van der Waals surface area contributed by atoms with Crippen molar-refractivity contribution < 1.29 is 117 Å². The molecule has 6 atom stereocenters. The minimum atomic E-state index is -0.285. The number of phenolic OH excluding ortho intramolecular Hbond substituents is 8. The second-order valence-corrected chi connectivity index (χ2v) is 24.9. The van der Waals surface area contributed by atoms with Gasteiger partial charge in [-0.05, 0) is 213 Å². The first-order valence-electron chi connectivity index (χ1n) is 35.1. The Hall–Kier alpha value is -9.06. The van der Waals surface area contributed by atoms with Crippen molar-refractivity contribution in [3.63, 3.8) is 0 Å². The van der Waals surface area contributed by atoms with E-state index in [1.54, 1.807) is 182 Å². The Kier molecular flexibility index (Phi) is 44.3. The van der Waals surface area contributed by atoms with Crippen molar-refractivity contribution in [1.82, 2.24) is 0 Å². The van der Waals surface area contributed by atoms with Gasteiger partial charge in [-0.25, -0.2) is 0 Å². The van der Waals surface area contributed by atoms with Gasteiger partial charge in [-0.1, -0.05) is 24.3 Å². The van der Waals surface area contributed by atoms with Crippen LogP contribution in [0.1, 0.15) is 80.1 Å². The maximum Gasteiger partial charge on any atom is 0.209 e. The van der Waals surface area contributed by atoms with Gasteiger partial charge in [0.25, 0.3) is 0 Å². The molecule has 4 aliphatic heterocycles. The van der Waals surface area contributed by atoms with Gasteiger partial charge in [0.1, 0.15) is 92.0 Å². The van der Waals surface area contributed by atoms with Crippen molar-refractivity contribution in [3.8, 4) is 92.0 Å². The van der Waals surface area contributed by atoms with E-state index in [-0.39, 0.29) is 97.3 Å².